The number of carbonyl (C=O) groups is 1. The number of nitrogen functional groups attached to an aromatic ring is 1. The normalized spacial score (nSPS) is 12.8. The molecule has 0 unspecified atom stereocenters. The van der Waals surface area contributed by atoms with Crippen molar-refractivity contribution in [3.05, 3.63) is 58.4 Å². The van der Waals surface area contributed by atoms with Crippen LogP contribution in [0.15, 0.2) is 41.6 Å². The second-order valence-corrected chi connectivity index (χ2v) is 7.83. The molecule has 0 atom stereocenters. The van der Waals surface area contributed by atoms with Gasteiger partial charge in [0.1, 0.15) is 12.3 Å². The molecule has 0 saturated carbocycles. The molecule has 0 spiro atoms. The van der Waals surface area contributed by atoms with Crippen LogP contribution in [0.1, 0.15) is 23.7 Å². The lowest BCUT2D eigenvalue weighted by Crippen LogP contribution is -2.25. The first-order chi connectivity index (χ1) is 15.5. The van der Waals surface area contributed by atoms with Crippen molar-refractivity contribution < 1.29 is 13.9 Å². The Balaban J connectivity index is 1.46. The summed E-state index contributed by atoms with van der Waals surface area (Å²) in [5.41, 5.74) is 7.68. The summed E-state index contributed by atoms with van der Waals surface area (Å²) in [5, 5.41) is 3.08. The maximum absolute atomic E-state index is 15.2. The smallest absolute Gasteiger partial charge is 0.202 e. The lowest BCUT2D eigenvalue weighted by Gasteiger charge is -2.25. The van der Waals surface area contributed by atoms with Crippen LogP contribution in [0.4, 0.5) is 15.8 Å². The van der Waals surface area contributed by atoms with E-state index in [-0.39, 0.29) is 33.9 Å². The fraction of sp³-hybridized carbons (Fsp3) is 0.261. The maximum atomic E-state index is 15.2. The third-order valence-electron chi connectivity index (χ3n) is 5.81. The predicted molar refractivity (Wildman–Crippen MR) is 121 cm³/mol. The van der Waals surface area contributed by atoms with Gasteiger partial charge in [-0.3, -0.25) is 9.59 Å². The summed E-state index contributed by atoms with van der Waals surface area (Å²) in [5.74, 6) is -0.882. The topological polar surface area (TPSA) is 104 Å². The van der Waals surface area contributed by atoms with Crippen LogP contribution in [0.25, 0.3) is 21.9 Å². The Hall–Kier alpha value is -3.88. The Morgan fingerprint density at radius 3 is 2.97 bits per heavy atom. The van der Waals surface area contributed by atoms with Crippen LogP contribution in [0.5, 0.6) is 5.75 Å². The van der Waals surface area contributed by atoms with E-state index >= 15 is 4.39 Å². The molecule has 0 aliphatic carbocycles. The molecule has 5 rings (SSSR count). The number of aromatic nitrogens is 3. The van der Waals surface area contributed by atoms with Gasteiger partial charge in [-0.05, 0) is 25.5 Å². The number of hydrogen-bond acceptors (Lipinski definition) is 6. The predicted octanol–water partition coefficient (Wildman–Crippen LogP) is 3.17. The summed E-state index contributed by atoms with van der Waals surface area (Å²) in [4.78, 5) is 29.1. The number of nitrogens with zero attached hydrogens (tertiary/aromatic N) is 3. The number of rotatable bonds is 6. The van der Waals surface area contributed by atoms with Gasteiger partial charge in [-0.15, -0.1) is 0 Å². The minimum atomic E-state index is -0.744. The second kappa shape index (κ2) is 7.67. The van der Waals surface area contributed by atoms with Crippen molar-refractivity contribution in [1.29, 1.82) is 0 Å². The van der Waals surface area contributed by atoms with Crippen LogP contribution in [0.3, 0.4) is 0 Å². The summed E-state index contributed by atoms with van der Waals surface area (Å²) < 4.78 is 24.8. The van der Waals surface area contributed by atoms with E-state index in [1.165, 1.54) is 13.1 Å². The van der Waals surface area contributed by atoms with Crippen LogP contribution < -0.4 is 21.2 Å². The molecule has 1 aliphatic rings. The number of ketones is 1. The highest BCUT2D eigenvalue weighted by Crippen LogP contribution is 2.41. The number of ether oxygens (including phenoxy) is 1. The number of hydrogen-bond donors (Lipinski definition) is 2. The number of imidazole rings is 1. The van der Waals surface area contributed by atoms with E-state index in [1.807, 2.05) is 28.8 Å². The SMILES string of the molecule is CC(=O)c1cn2c3c(c(NCCCn4cnc5ccccc54)c(F)c(N)c3c1=O)OCC2. The molecule has 4 aromatic rings. The van der Waals surface area contributed by atoms with Crippen LogP contribution in [-0.2, 0) is 13.1 Å². The Bertz CT molecular complexity index is 1440. The first-order valence-electron chi connectivity index (χ1n) is 10.4. The summed E-state index contributed by atoms with van der Waals surface area (Å²) in [7, 11) is 0. The Kier molecular flexibility index (Phi) is 4.80. The first kappa shape index (κ1) is 20.0. The van der Waals surface area contributed by atoms with Crippen LogP contribution >= 0.6 is 0 Å². The number of carbonyl (C=O) groups excluding carboxylic acids is 1. The molecule has 2 aromatic carbocycles. The lowest BCUT2D eigenvalue weighted by atomic mass is 10.0. The average Bonchev–Trinajstić information content (AvgIpc) is 3.20. The number of pyridine rings is 1. The molecule has 0 bridgehead atoms. The van der Waals surface area contributed by atoms with Gasteiger partial charge in [0.15, 0.2) is 17.3 Å². The number of aryl methyl sites for hydroxylation is 1. The van der Waals surface area contributed by atoms with Crippen molar-refractivity contribution >= 4 is 39.1 Å². The average molecular weight is 435 g/mol. The van der Waals surface area contributed by atoms with E-state index in [2.05, 4.69) is 10.3 Å². The van der Waals surface area contributed by atoms with E-state index in [4.69, 9.17) is 10.5 Å². The van der Waals surface area contributed by atoms with Crippen molar-refractivity contribution in [3.8, 4) is 5.75 Å². The number of nitrogens with one attached hydrogen (secondary N) is 1. The lowest BCUT2D eigenvalue weighted by molar-refractivity contribution is 0.101. The monoisotopic (exact) mass is 435 g/mol. The molecule has 0 fully saturated rings. The minimum absolute atomic E-state index is 0.00952. The highest BCUT2D eigenvalue weighted by atomic mass is 19.1. The molecular formula is C23H22FN5O3. The van der Waals surface area contributed by atoms with Gasteiger partial charge in [0.2, 0.25) is 5.43 Å². The molecule has 2 aromatic heterocycles. The molecular weight excluding hydrogens is 413 g/mol. The summed E-state index contributed by atoms with van der Waals surface area (Å²) in [6.07, 6.45) is 4.00. The number of halogens is 1. The van der Waals surface area contributed by atoms with Crippen LogP contribution in [0, 0.1) is 5.82 Å². The molecule has 164 valence electrons. The van der Waals surface area contributed by atoms with Crippen molar-refractivity contribution in [2.45, 2.75) is 26.4 Å². The van der Waals surface area contributed by atoms with Gasteiger partial charge >= 0.3 is 0 Å². The van der Waals surface area contributed by atoms with Crippen LogP contribution in [-0.4, -0.2) is 33.1 Å². The molecule has 0 saturated heterocycles. The number of fused-ring (bicyclic) bond motifs is 1. The first-order valence-corrected chi connectivity index (χ1v) is 10.4. The van der Waals surface area contributed by atoms with Gasteiger partial charge in [0, 0.05) is 19.3 Å². The van der Waals surface area contributed by atoms with Gasteiger partial charge in [0.05, 0.1) is 46.1 Å². The van der Waals surface area contributed by atoms with Gasteiger partial charge in [-0.2, -0.15) is 0 Å². The molecule has 3 heterocycles. The zero-order valence-corrected chi connectivity index (χ0v) is 17.5. The summed E-state index contributed by atoms with van der Waals surface area (Å²) in [6.45, 7) is 3.19. The fourth-order valence-electron chi connectivity index (χ4n) is 4.24. The maximum Gasteiger partial charge on any atom is 0.202 e. The van der Waals surface area contributed by atoms with E-state index in [1.54, 1.807) is 10.9 Å². The number of benzene rings is 2. The third-order valence-corrected chi connectivity index (χ3v) is 5.81. The minimum Gasteiger partial charge on any atom is -0.487 e. The largest absolute Gasteiger partial charge is 0.487 e. The van der Waals surface area contributed by atoms with E-state index < -0.39 is 11.2 Å². The van der Waals surface area contributed by atoms with Gasteiger partial charge in [-0.25, -0.2) is 9.37 Å². The summed E-state index contributed by atoms with van der Waals surface area (Å²) >= 11 is 0. The highest BCUT2D eigenvalue weighted by Gasteiger charge is 2.27. The highest BCUT2D eigenvalue weighted by molar-refractivity contribution is 6.04. The van der Waals surface area contributed by atoms with E-state index in [0.717, 1.165) is 11.0 Å². The molecule has 0 radical (unpaired) electrons. The van der Waals surface area contributed by atoms with Gasteiger partial charge in [0.25, 0.3) is 0 Å². The number of Topliss-reactive ketones (excluding diaryl/α,β-unsaturated/α-hetero) is 1. The standard InChI is InChI=1S/C23H22FN5O3/c1-13(30)14-11-28-9-10-32-23-20(18(24)19(25)17(21(23)28)22(14)31)26-7-4-8-29-12-27-15-5-2-3-6-16(15)29/h2-3,5-6,11-12,26H,4,7-10,25H2,1H3. The number of anilines is 2. The van der Waals surface area contributed by atoms with Crippen molar-refractivity contribution in [2.75, 3.05) is 24.2 Å². The Morgan fingerprint density at radius 1 is 1.34 bits per heavy atom. The molecule has 9 heteroatoms. The zero-order chi connectivity index (χ0) is 22.4. The Labute approximate surface area is 182 Å². The fourth-order valence-corrected chi connectivity index (χ4v) is 4.24. The zero-order valence-electron chi connectivity index (χ0n) is 17.5. The molecule has 1 aliphatic heterocycles. The molecule has 3 N–H and O–H groups in total. The molecule has 8 nitrogen and oxygen atoms in total. The number of para-hydroxylation sites is 2. The molecule has 32 heavy (non-hydrogen) atoms. The van der Waals surface area contributed by atoms with Gasteiger partial charge in [-0.1, -0.05) is 12.1 Å². The second-order valence-electron chi connectivity index (χ2n) is 7.83. The molecule has 0 amide bonds. The van der Waals surface area contributed by atoms with E-state index in [9.17, 15) is 9.59 Å². The number of nitrogens with two attached hydrogens (primary N) is 1. The van der Waals surface area contributed by atoms with E-state index in [0.29, 0.717) is 38.2 Å². The van der Waals surface area contributed by atoms with Crippen molar-refractivity contribution in [1.82, 2.24) is 14.1 Å². The van der Waals surface area contributed by atoms with Crippen molar-refractivity contribution in [2.24, 2.45) is 0 Å². The third kappa shape index (κ3) is 3.08. The Morgan fingerprint density at radius 2 is 2.16 bits per heavy atom. The van der Waals surface area contributed by atoms with Gasteiger partial charge < -0.3 is 24.9 Å². The van der Waals surface area contributed by atoms with Crippen LogP contribution in [0.2, 0.25) is 0 Å². The summed E-state index contributed by atoms with van der Waals surface area (Å²) in [6, 6.07) is 7.87. The van der Waals surface area contributed by atoms with Crippen molar-refractivity contribution in [3.63, 3.8) is 0 Å². The quantitative estimate of drug-likeness (QED) is 0.274.